The molecule has 3 heteroatoms. The van der Waals surface area contributed by atoms with Crippen LogP contribution >= 0.6 is 0 Å². The Kier molecular flexibility index (Phi) is 10.6. The lowest BCUT2D eigenvalue weighted by Crippen LogP contribution is -2.29. The fourth-order valence-electron chi connectivity index (χ4n) is 2.99. The van der Waals surface area contributed by atoms with Crippen LogP contribution in [0, 0.1) is 0 Å². The third-order valence-electron chi connectivity index (χ3n) is 4.39. The molecule has 0 saturated carbocycles. The average Bonchev–Trinajstić information content (AvgIpc) is 2.89. The van der Waals surface area contributed by atoms with Crippen molar-refractivity contribution in [2.24, 2.45) is 0 Å². The van der Waals surface area contributed by atoms with Crippen molar-refractivity contribution in [3.8, 4) is 0 Å². The molecule has 0 atom stereocenters. The molecule has 1 aliphatic heterocycles. The largest absolute Gasteiger partial charge is 0.342 e. The van der Waals surface area contributed by atoms with Crippen LogP contribution in [0.2, 0.25) is 0 Å². The Bertz CT molecular complexity index is 289. The minimum absolute atomic E-state index is 0.796. The molecule has 0 aromatic heterocycles. The fourth-order valence-corrected chi connectivity index (χ4v) is 2.99. The van der Waals surface area contributed by atoms with Crippen LogP contribution in [0.4, 0.5) is 0 Å². The van der Waals surface area contributed by atoms with Gasteiger partial charge in [-0.05, 0) is 19.8 Å². The number of rotatable bonds is 13. The van der Waals surface area contributed by atoms with Crippen LogP contribution < -0.4 is 0 Å². The smallest absolute Gasteiger partial charge is 0.248 e. The van der Waals surface area contributed by atoms with Crippen LogP contribution in [-0.4, -0.2) is 48.3 Å². The van der Waals surface area contributed by atoms with Gasteiger partial charge in [0.1, 0.15) is 13.1 Å². The van der Waals surface area contributed by atoms with E-state index >= 15 is 0 Å². The molecule has 3 nitrogen and oxygen atoms in total. The molecule has 0 aromatic rings. The second kappa shape index (κ2) is 12.0. The van der Waals surface area contributed by atoms with Crippen molar-refractivity contribution >= 4 is 5.84 Å². The van der Waals surface area contributed by atoms with E-state index in [0.717, 1.165) is 26.4 Å². The molecule has 21 heavy (non-hydrogen) atoms. The Hall–Kier alpha value is -0.570. The summed E-state index contributed by atoms with van der Waals surface area (Å²) in [6.45, 7) is 12.0. The highest BCUT2D eigenvalue weighted by atomic mass is 16.5. The van der Waals surface area contributed by atoms with Gasteiger partial charge >= 0.3 is 0 Å². The molecule has 0 spiro atoms. The van der Waals surface area contributed by atoms with Crippen molar-refractivity contribution in [2.75, 3.05) is 33.0 Å². The predicted molar refractivity (Wildman–Crippen MR) is 91.1 cm³/mol. The monoisotopic (exact) mass is 297 g/mol. The second-order valence-corrected chi connectivity index (χ2v) is 6.17. The van der Waals surface area contributed by atoms with Crippen LogP contribution in [0.25, 0.3) is 0 Å². The zero-order valence-electron chi connectivity index (χ0n) is 14.7. The van der Waals surface area contributed by atoms with Crippen molar-refractivity contribution in [2.45, 2.75) is 78.6 Å². The van der Waals surface area contributed by atoms with Gasteiger partial charge in [-0.25, -0.2) is 4.58 Å². The predicted octanol–water partition coefficient (Wildman–Crippen LogP) is 4.26. The van der Waals surface area contributed by atoms with Gasteiger partial charge in [0, 0.05) is 6.42 Å². The van der Waals surface area contributed by atoms with E-state index in [1.807, 2.05) is 0 Å². The summed E-state index contributed by atoms with van der Waals surface area (Å²) in [5, 5.41) is 0. The van der Waals surface area contributed by atoms with E-state index in [9.17, 15) is 0 Å². The van der Waals surface area contributed by atoms with Gasteiger partial charge in [0.05, 0.1) is 13.2 Å². The van der Waals surface area contributed by atoms with Gasteiger partial charge in [0.25, 0.3) is 0 Å². The number of unbranched alkanes of at least 4 members (excludes halogenated alkanes) is 6. The third kappa shape index (κ3) is 7.30. The molecular weight excluding hydrogens is 260 g/mol. The first kappa shape index (κ1) is 18.5. The molecule has 0 saturated heterocycles. The first-order valence-electron chi connectivity index (χ1n) is 9.26. The maximum absolute atomic E-state index is 5.91. The van der Waals surface area contributed by atoms with Gasteiger partial charge in [0.15, 0.2) is 6.73 Å². The maximum atomic E-state index is 5.91. The van der Waals surface area contributed by atoms with Crippen LogP contribution in [0.3, 0.4) is 0 Å². The van der Waals surface area contributed by atoms with Crippen LogP contribution in [-0.2, 0) is 4.74 Å². The van der Waals surface area contributed by atoms with Crippen molar-refractivity contribution in [1.29, 1.82) is 0 Å². The van der Waals surface area contributed by atoms with Gasteiger partial charge in [-0.2, -0.15) is 0 Å². The third-order valence-corrected chi connectivity index (χ3v) is 4.39. The SMILES string of the molecule is CCCCCCCCOC[N+]1=C(CCCC)N(CC)CC1. The van der Waals surface area contributed by atoms with Gasteiger partial charge in [-0.1, -0.05) is 52.4 Å². The zero-order valence-corrected chi connectivity index (χ0v) is 14.7. The van der Waals surface area contributed by atoms with E-state index in [-0.39, 0.29) is 0 Å². The number of hydrogen-bond donors (Lipinski definition) is 0. The van der Waals surface area contributed by atoms with Crippen LogP contribution in [0.5, 0.6) is 0 Å². The molecular formula is C18H37N2O+. The summed E-state index contributed by atoms with van der Waals surface area (Å²) in [7, 11) is 0. The molecule has 1 rings (SSSR count). The molecule has 0 amide bonds. The van der Waals surface area contributed by atoms with Gasteiger partial charge in [0.2, 0.25) is 5.84 Å². The van der Waals surface area contributed by atoms with Crippen molar-refractivity contribution in [3.63, 3.8) is 0 Å². The molecule has 124 valence electrons. The van der Waals surface area contributed by atoms with Crippen molar-refractivity contribution in [1.82, 2.24) is 4.90 Å². The summed E-state index contributed by atoms with van der Waals surface area (Å²) in [6, 6.07) is 0. The van der Waals surface area contributed by atoms with Gasteiger partial charge < -0.3 is 4.74 Å². The molecule has 0 radical (unpaired) electrons. The van der Waals surface area contributed by atoms with Crippen LogP contribution in [0.15, 0.2) is 0 Å². The first-order valence-corrected chi connectivity index (χ1v) is 9.26. The summed E-state index contributed by atoms with van der Waals surface area (Å²) >= 11 is 0. The van der Waals surface area contributed by atoms with Crippen molar-refractivity contribution < 1.29 is 9.31 Å². The summed E-state index contributed by atoms with van der Waals surface area (Å²) in [5.41, 5.74) is 0. The topological polar surface area (TPSA) is 15.5 Å². The highest BCUT2D eigenvalue weighted by Crippen LogP contribution is 2.09. The lowest BCUT2D eigenvalue weighted by atomic mass is 10.1. The summed E-state index contributed by atoms with van der Waals surface area (Å²) < 4.78 is 8.36. The molecule has 0 fully saturated rings. The van der Waals surface area contributed by atoms with E-state index in [2.05, 4.69) is 30.2 Å². The minimum atomic E-state index is 0.796. The van der Waals surface area contributed by atoms with Crippen molar-refractivity contribution in [3.05, 3.63) is 0 Å². The zero-order chi connectivity index (χ0) is 15.3. The summed E-state index contributed by atoms with van der Waals surface area (Å²) in [6.07, 6.45) is 11.8. The number of likely N-dealkylation sites (N-methyl/N-ethyl adjacent to an activating group) is 1. The minimum Gasteiger partial charge on any atom is -0.342 e. The molecule has 0 unspecified atom stereocenters. The highest BCUT2D eigenvalue weighted by Gasteiger charge is 2.28. The summed E-state index contributed by atoms with van der Waals surface area (Å²) in [4.78, 5) is 2.52. The number of amidine groups is 1. The quantitative estimate of drug-likeness (QED) is 0.373. The second-order valence-electron chi connectivity index (χ2n) is 6.17. The molecule has 0 N–H and O–H groups in total. The molecule has 1 aliphatic rings. The Morgan fingerprint density at radius 1 is 0.952 bits per heavy atom. The van der Waals surface area contributed by atoms with E-state index in [1.165, 1.54) is 70.2 Å². The van der Waals surface area contributed by atoms with Gasteiger partial charge in [-0.3, -0.25) is 4.90 Å². The van der Waals surface area contributed by atoms with Crippen LogP contribution in [0.1, 0.15) is 78.6 Å². The lowest BCUT2D eigenvalue weighted by Gasteiger charge is -2.11. The molecule has 0 aromatic carbocycles. The van der Waals surface area contributed by atoms with E-state index in [1.54, 1.807) is 0 Å². The standard InChI is InChI=1S/C18H37N2O/c1-4-7-9-10-11-12-16-21-17-20-15-14-19(6-3)18(20)13-8-5-2/h4-17H2,1-3H3/q+1. The molecule has 0 bridgehead atoms. The Morgan fingerprint density at radius 3 is 2.38 bits per heavy atom. The molecule has 0 aliphatic carbocycles. The number of ether oxygens (including phenoxy) is 1. The van der Waals surface area contributed by atoms with Gasteiger partial charge in [-0.15, -0.1) is 0 Å². The van der Waals surface area contributed by atoms with E-state index < -0.39 is 0 Å². The Morgan fingerprint density at radius 2 is 1.67 bits per heavy atom. The normalized spacial score (nSPS) is 15.3. The van der Waals surface area contributed by atoms with E-state index in [4.69, 9.17) is 4.74 Å². The number of hydrogen-bond acceptors (Lipinski definition) is 2. The summed E-state index contributed by atoms with van der Waals surface area (Å²) in [5.74, 6) is 1.52. The first-order chi connectivity index (χ1) is 10.3. The maximum Gasteiger partial charge on any atom is 0.248 e. The average molecular weight is 298 g/mol. The Balaban J connectivity index is 2.19. The lowest BCUT2D eigenvalue weighted by molar-refractivity contribution is -0.560. The van der Waals surface area contributed by atoms with E-state index in [0.29, 0.717) is 0 Å². The molecule has 1 heterocycles. The Labute approximate surface area is 132 Å². The highest BCUT2D eigenvalue weighted by molar-refractivity contribution is 5.78. The fraction of sp³-hybridized carbons (Fsp3) is 0.944. The number of nitrogens with zero attached hydrogens (tertiary/aromatic N) is 2.